The van der Waals surface area contributed by atoms with Crippen molar-refractivity contribution in [3.63, 3.8) is 0 Å². The van der Waals surface area contributed by atoms with Crippen LogP contribution in [0, 0.1) is 11.8 Å². The highest BCUT2D eigenvalue weighted by atomic mass is 32.2. The number of benzene rings is 2. The number of hydrogen-bond donors (Lipinski definition) is 2. The van der Waals surface area contributed by atoms with Gasteiger partial charge in [0.25, 0.3) is 10.1 Å². The van der Waals surface area contributed by atoms with Crippen molar-refractivity contribution in [1.29, 1.82) is 0 Å². The third-order valence-corrected chi connectivity index (χ3v) is 4.53. The first-order valence-electron chi connectivity index (χ1n) is 7.58. The van der Waals surface area contributed by atoms with Gasteiger partial charge in [0.2, 0.25) is 0 Å². The van der Waals surface area contributed by atoms with Crippen molar-refractivity contribution in [2.75, 3.05) is 5.73 Å². The van der Waals surface area contributed by atoms with Gasteiger partial charge >= 0.3 is 0 Å². The number of nitrogen functional groups attached to an aromatic ring is 1. The second-order valence-corrected chi connectivity index (χ2v) is 6.87. The predicted octanol–water partition coefficient (Wildman–Crippen LogP) is 3.82. The van der Waals surface area contributed by atoms with Crippen LogP contribution in [0.1, 0.15) is 5.69 Å². The topological polar surface area (TPSA) is 152 Å². The Morgan fingerprint density at radius 2 is 1.81 bits per heavy atom. The summed E-state index contributed by atoms with van der Waals surface area (Å²) in [7, 11) is -4.63. The van der Waals surface area contributed by atoms with Crippen LogP contribution in [0.3, 0.4) is 0 Å². The molecule has 0 radical (unpaired) electrons. The molecule has 0 unspecified atom stereocenters. The number of anilines is 1. The largest absolute Gasteiger partial charge is 0.382 e. The van der Waals surface area contributed by atoms with Gasteiger partial charge in [-0.15, -0.1) is 15.1 Å². The molecule has 3 rings (SSSR count). The number of rotatable bonds is 5. The molecule has 2 aromatic carbocycles. The van der Waals surface area contributed by atoms with E-state index in [1.54, 1.807) is 6.92 Å². The molecule has 0 bridgehead atoms. The van der Waals surface area contributed by atoms with Crippen LogP contribution in [0.15, 0.2) is 68.8 Å². The summed E-state index contributed by atoms with van der Waals surface area (Å²) in [5.41, 5.74) is 7.19. The van der Waals surface area contributed by atoms with E-state index < -0.39 is 15.0 Å². The Bertz CT molecular complexity index is 1140. The van der Waals surface area contributed by atoms with Crippen molar-refractivity contribution in [2.45, 2.75) is 11.8 Å². The fraction of sp³-hybridized carbons (Fsp3) is 0.0625. The molecule has 3 N–H and O–H groups in total. The van der Waals surface area contributed by atoms with Crippen molar-refractivity contribution in [3.05, 3.63) is 59.1 Å². The molecule has 0 saturated heterocycles. The van der Waals surface area contributed by atoms with E-state index in [0.29, 0.717) is 5.69 Å². The van der Waals surface area contributed by atoms with Crippen molar-refractivity contribution in [3.8, 4) is 5.69 Å². The molecule has 0 aliphatic rings. The molecule has 27 heavy (non-hydrogen) atoms. The van der Waals surface area contributed by atoms with Crippen LogP contribution >= 0.6 is 0 Å². The van der Waals surface area contributed by atoms with E-state index in [9.17, 15) is 17.9 Å². The number of nitroso groups, excluding NO2 is 1. The van der Waals surface area contributed by atoms with Gasteiger partial charge in [0.05, 0.1) is 11.4 Å². The lowest BCUT2D eigenvalue weighted by Crippen LogP contribution is -2.01. The van der Waals surface area contributed by atoms with E-state index in [-0.39, 0.29) is 22.9 Å². The van der Waals surface area contributed by atoms with Crippen LogP contribution in [0.4, 0.5) is 22.9 Å². The molecule has 1 aromatic heterocycles. The second-order valence-electron chi connectivity index (χ2n) is 5.48. The average molecular weight is 386 g/mol. The third kappa shape index (κ3) is 3.73. The van der Waals surface area contributed by atoms with Crippen LogP contribution in [0.2, 0.25) is 0 Å². The van der Waals surface area contributed by atoms with E-state index in [0.717, 1.165) is 11.8 Å². The van der Waals surface area contributed by atoms with Gasteiger partial charge in [0.15, 0.2) is 11.5 Å². The Morgan fingerprint density at radius 3 is 2.44 bits per heavy atom. The number of aromatic nitrogens is 2. The van der Waals surface area contributed by atoms with E-state index in [1.165, 1.54) is 16.8 Å². The van der Waals surface area contributed by atoms with Gasteiger partial charge in [-0.05, 0) is 42.4 Å². The van der Waals surface area contributed by atoms with Crippen molar-refractivity contribution in [1.82, 2.24) is 9.78 Å². The Kier molecular flexibility index (Phi) is 4.79. The Labute approximate surface area is 154 Å². The monoisotopic (exact) mass is 386 g/mol. The lowest BCUT2D eigenvalue weighted by Gasteiger charge is -2.03. The first kappa shape index (κ1) is 18.4. The van der Waals surface area contributed by atoms with Crippen LogP contribution in [-0.2, 0) is 10.1 Å². The summed E-state index contributed by atoms with van der Waals surface area (Å²) in [6.07, 6.45) is 0. The Hall–Kier alpha value is -3.44. The molecule has 1 heterocycles. The third-order valence-electron chi connectivity index (χ3n) is 3.65. The summed E-state index contributed by atoms with van der Waals surface area (Å²) in [6, 6.07) is 12.5. The molecule has 138 valence electrons. The fourth-order valence-corrected chi connectivity index (χ4v) is 3.02. The number of azo groups is 1. The lowest BCUT2D eigenvalue weighted by molar-refractivity contribution is 0.483. The smallest absolute Gasteiger partial charge is 0.296 e. The number of para-hydroxylation sites is 1. The summed E-state index contributed by atoms with van der Waals surface area (Å²) < 4.78 is 33.9. The molecule has 0 aliphatic carbocycles. The van der Waals surface area contributed by atoms with Gasteiger partial charge < -0.3 is 5.73 Å². The average Bonchev–Trinajstić information content (AvgIpc) is 2.94. The van der Waals surface area contributed by atoms with Gasteiger partial charge in [0.1, 0.15) is 16.3 Å². The predicted molar refractivity (Wildman–Crippen MR) is 98.6 cm³/mol. The van der Waals surface area contributed by atoms with E-state index in [4.69, 9.17) is 5.73 Å². The molecule has 0 amide bonds. The molecule has 3 aromatic rings. The van der Waals surface area contributed by atoms with Gasteiger partial charge in [-0.1, -0.05) is 18.2 Å². The number of nitrogens with two attached hydrogens (primary N) is 1. The van der Waals surface area contributed by atoms with Crippen molar-refractivity contribution >= 4 is 33.0 Å². The SMILES string of the molecule is Cc1nn(-c2ccccc2)c(N)c1N=Nc1ccc(N=O)cc1S(=O)(=O)O. The number of nitrogens with zero attached hydrogens (tertiary/aromatic N) is 5. The van der Waals surface area contributed by atoms with Crippen LogP contribution in [-0.4, -0.2) is 22.8 Å². The van der Waals surface area contributed by atoms with Gasteiger partial charge in [0, 0.05) is 0 Å². The summed E-state index contributed by atoms with van der Waals surface area (Å²) in [6.45, 7) is 1.67. The normalized spacial score (nSPS) is 11.8. The van der Waals surface area contributed by atoms with E-state index in [1.807, 2.05) is 30.3 Å². The Balaban J connectivity index is 2.06. The summed E-state index contributed by atoms with van der Waals surface area (Å²) >= 11 is 0. The maximum atomic E-state index is 11.5. The first-order valence-corrected chi connectivity index (χ1v) is 9.02. The van der Waals surface area contributed by atoms with Gasteiger partial charge in [-0.3, -0.25) is 4.55 Å². The van der Waals surface area contributed by atoms with Crippen molar-refractivity contribution < 1.29 is 13.0 Å². The summed E-state index contributed by atoms with van der Waals surface area (Å²) in [4.78, 5) is 10.0. The maximum absolute atomic E-state index is 11.5. The zero-order chi connectivity index (χ0) is 19.6. The minimum Gasteiger partial charge on any atom is -0.382 e. The van der Waals surface area contributed by atoms with E-state index >= 15 is 0 Å². The van der Waals surface area contributed by atoms with Gasteiger partial charge in [-0.2, -0.15) is 13.5 Å². The molecule has 0 atom stereocenters. The standard InChI is InChI=1S/C16H14N6O4S/c1-10-15(16(17)22(20-10)12-5-3-2-4-6-12)19-18-13-8-7-11(21-23)9-14(13)27(24,25)26/h2-9H,17H2,1H3,(H,24,25,26). The molecular formula is C16H14N6O4S. The number of aryl methyl sites for hydroxylation is 1. The van der Waals surface area contributed by atoms with Gasteiger partial charge in [-0.25, -0.2) is 4.68 Å². The molecular weight excluding hydrogens is 372 g/mol. The minimum absolute atomic E-state index is 0.170. The summed E-state index contributed by atoms with van der Waals surface area (Å²) in [5, 5.41) is 14.8. The minimum atomic E-state index is -4.63. The molecule has 10 nitrogen and oxygen atoms in total. The van der Waals surface area contributed by atoms with Crippen LogP contribution in [0.5, 0.6) is 0 Å². The highest BCUT2D eigenvalue weighted by Gasteiger charge is 2.18. The fourth-order valence-electron chi connectivity index (χ4n) is 2.38. The van der Waals surface area contributed by atoms with Crippen LogP contribution in [0.25, 0.3) is 5.69 Å². The molecule has 0 aliphatic heterocycles. The highest BCUT2D eigenvalue weighted by Crippen LogP contribution is 2.33. The molecule has 11 heteroatoms. The zero-order valence-corrected chi connectivity index (χ0v) is 14.8. The molecule has 0 saturated carbocycles. The van der Waals surface area contributed by atoms with E-state index in [2.05, 4.69) is 20.5 Å². The number of hydrogen-bond acceptors (Lipinski definition) is 8. The quantitative estimate of drug-likeness (QED) is 0.386. The first-order chi connectivity index (χ1) is 12.8. The molecule has 0 fully saturated rings. The zero-order valence-electron chi connectivity index (χ0n) is 14.0. The van der Waals surface area contributed by atoms with Crippen LogP contribution < -0.4 is 5.73 Å². The second kappa shape index (κ2) is 7.05. The summed E-state index contributed by atoms with van der Waals surface area (Å²) in [5.74, 6) is 0.210. The lowest BCUT2D eigenvalue weighted by atomic mass is 10.3. The van der Waals surface area contributed by atoms with Crippen molar-refractivity contribution in [2.24, 2.45) is 15.4 Å². The maximum Gasteiger partial charge on any atom is 0.296 e. The molecule has 0 spiro atoms. The Morgan fingerprint density at radius 1 is 1.11 bits per heavy atom. The highest BCUT2D eigenvalue weighted by molar-refractivity contribution is 7.86.